The van der Waals surface area contributed by atoms with Crippen molar-refractivity contribution < 1.29 is 9.90 Å². The van der Waals surface area contributed by atoms with Gasteiger partial charge in [0.1, 0.15) is 0 Å². The lowest BCUT2D eigenvalue weighted by atomic mass is 9.99. The summed E-state index contributed by atoms with van der Waals surface area (Å²) in [5.41, 5.74) is 0. The Morgan fingerprint density at radius 1 is 0.760 bits per heavy atom. The van der Waals surface area contributed by atoms with Crippen molar-refractivity contribution >= 4 is 5.97 Å². The van der Waals surface area contributed by atoms with E-state index in [-0.39, 0.29) is 6.42 Å². The molecule has 0 saturated carbocycles. The highest BCUT2D eigenvalue weighted by atomic mass is 16.4. The van der Waals surface area contributed by atoms with E-state index in [4.69, 9.17) is 5.11 Å². The van der Waals surface area contributed by atoms with Crippen LogP contribution in [0.3, 0.4) is 0 Å². The zero-order valence-electron chi connectivity index (χ0n) is 16.8. The summed E-state index contributed by atoms with van der Waals surface area (Å²) in [5.74, 6) is 0.220. The molecule has 146 valence electrons. The van der Waals surface area contributed by atoms with Crippen molar-refractivity contribution in [1.29, 1.82) is 0 Å². The van der Waals surface area contributed by atoms with Crippen LogP contribution in [0.15, 0.2) is 24.3 Å². The number of carboxylic acid groups (broad SMARTS) is 1. The quantitative estimate of drug-likeness (QED) is 0.203. The minimum absolute atomic E-state index is 0.280. The Hall–Kier alpha value is -1.05. The maximum absolute atomic E-state index is 10.4. The van der Waals surface area contributed by atoms with Crippen LogP contribution in [0.4, 0.5) is 0 Å². The van der Waals surface area contributed by atoms with E-state index in [0.717, 1.165) is 31.6 Å². The molecule has 0 radical (unpaired) electrons. The Morgan fingerprint density at radius 3 is 1.80 bits per heavy atom. The Labute approximate surface area is 156 Å². The molecule has 0 aliphatic heterocycles. The van der Waals surface area contributed by atoms with Gasteiger partial charge in [0.2, 0.25) is 0 Å². The predicted molar refractivity (Wildman–Crippen MR) is 110 cm³/mol. The molecule has 0 spiro atoms. The molecule has 0 heterocycles. The number of carboxylic acids is 1. The standard InChI is InChI=1S/C23H42O2/c1-3-22(2)20-18-16-14-12-10-8-6-4-5-7-9-11-13-15-17-19-21-23(24)25/h5,7,13,15,22H,3-4,6,8-12,14,16-21H2,1-2H3,(H,24,25)/b7-5+,15-13+. The van der Waals surface area contributed by atoms with Crippen LogP contribution in [-0.2, 0) is 4.79 Å². The largest absolute Gasteiger partial charge is 0.481 e. The number of unbranched alkanes of at least 4 members (excludes halogenated alkanes) is 9. The zero-order chi connectivity index (χ0) is 18.6. The van der Waals surface area contributed by atoms with Crippen molar-refractivity contribution in [3.63, 3.8) is 0 Å². The van der Waals surface area contributed by atoms with Gasteiger partial charge < -0.3 is 5.11 Å². The van der Waals surface area contributed by atoms with E-state index in [1.165, 1.54) is 64.2 Å². The Bertz CT molecular complexity index is 344. The van der Waals surface area contributed by atoms with Crippen molar-refractivity contribution in [3.05, 3.63) is 24.3 Å². The van der Waals surface area contributed by atoms with E-state index in [9.17, 15) is 4.79 Å². The fraction of sp³-hybridized carbons (Fsp3) is 0.783. The van der Waals surface area contributed by atoms with Crippen molar-refractivity contribution in [2.75, 3.05) is 0 Å². The van der Waals surface area contributed by atoms with Gasteiger partial charge in [-0.05, 0) is 44.4 Å². The first-order chi connectivity index (χ1) is 12.2. The fourth-order valence-electron chi connectivity index (χ4n) is 2.88. The molecule has 0 bridgehead atoms. The highest BCUT2D eigenvalue weighted by Crippen LogP contribution is 2.14. The lowest BCUT2D eigenvalue weighted by molar-refractivity contribution is -0.137. The molecular formula is C23H42O2. The van der Waals surface area contributed by atoms with Gasteiger partial charge in [-0.2, -0.15) is 0 Å². The average Bonchev–Trinajstić information content (AvgIpc) is 2.60. The molecule has 0 fully saturated rings. The van der Waals surface area contributed by atoms with Gasteiger partial charge in [-0.1, -0.05) is 89.5 Å². The average molecular weight is 351 g/mol. The summed E-state index contributed by atoms with van der Waals surface area (Å²) in [4.78, 5) is 10.4. The van der Waals surface area contributed by atoms with E-state index in [2.05, 4.69) is 38.2 Å². The molecule has 0 amide bonds. The van der Waals surface area contributed by atoms with Crippen LogP contribution < -0.4 is 0 Å². The van der Waals surface area contributed by atoms with Crippen LogP contribution in [0.2, 0.25) is 0 Å². The van der Waals surface area contributed by atoms with E-state index >= 15 is 0 Å². The van der Waals surface area contributed by atoms with Gasteiger partial charge in [-0.3, -0.25) is 4.79 Å². The third kappa shape index (κ3) is 20.9. The van der Waals surface area contributed by atoms with E-state index in [0.29, 0.717) is 0 Å². The van der Waals surface area contributed by atoms with Crippen LogP contribution >= 0.6 is 0 Å². The first-order valence-corrected chi connectivity index (χ1v) is 10.7. The molecule has 25 heavy (non-hydrogen) atoms. The third-order valence-corrected chi connectivity index (χ3v) is 4.86. The minimum Gasteiger partial charge on any atom is -0.481 e. The predicted octanol–water partition coefficient (Wildman–Crippen LogP) is 7.69. The molecule has 1 unspecified atom stereocenters. The molecular weight excluding hydrogens is 308 g/mol. The SMILES string of the molecule is CCC(C)CCCCCCCCC/C=C/CC/C=C/CCCC(=O)O. The molecule has 0 rings (SSSR count). The summed E-state index contributed by atoms with van der Waals surface area (Å²) >= 11 is 0. The van der Waals surface area contributed by atoms with Crippen LogP contribution in [-0.4, -0.2) is 11.1 Å². The molecule has 2 heteroatoms. The van der Waals surface area contributed by atoms with Crippen LogP contribution in [0.1, 0.15) is 110 Å². The Morgan fingerprint density at radius 2 is 1.24 bits per heavy atom. The molecule has 0 aromatic carbocycles. The number of hydrogen-bond donors (Lipinski definition) is 1. The van der Waals surface area contributed by atoms with E-state index in [1.807, 2.05) is 0 Å². The smallest absolute Gasteiger partial charge is 0.303 e. The van der Waals surface area contributed by atoms with Crippen molar-refractivity contribution in [3.8, 4) is 0 Å². The first kappa shape index (κ1) is 23.9. The van der Waals surface area contributed by atoms with Crippen molar-refractivity contribution in [2.45, 2.75) is 110 Å². The molecule has 1 N–H and O–H groups in total. The maximum atomic E-state index is 10.4. The third-order valence-electron chi connectivity index (χ3n) is 4.86. The number of aliphatic carboxylic acids is 1. The van der Waals surface area contributed by atoms with Gasteiger partial charge >= 0.3 is 5.97 Å². The molecule has 1 atom stereocenters. The molecule has 0 aromatic heterocycles. The highest BCUT2D eigenvalue weighted by molar-refractivity contribution is 5.66. The number of carbonyl (C=O) groups is 1. The lowest BCUT2D eigenvalue weighted by Gasteiger charge is -2.07. The normalized spacial score (nSPS) is 13.0. The van der Waals surface area contributed by atoms with Crippen molar-refractivity contribution in [2.24, 2.45) is 5.92 Å². The molecule has 0 aliphatic carbocycles. The number of hydrogen-bond acceptors (Lipinski definition) is 1. The maximum Gasteiger partial charge on any atom is 0.303 e. The molecule has 2 nitrogen and oxygen atoms in total. The molecule has 0 aromatic rings. The van der Waals surface area contributed by atoms with Crippen molar-refractivity contribution in [1.82, 2.24) is 0 Å². The second-order valence-electron chi connectivity index (χ2n) is 7.37. The summed E-state index contributed by atoms with van der Waals surface area (Å²) in [6.45, 7) is 4.66. The summed E-state index contributed by atoms with van der Waals surface area (Å²) in [6.07, 6.45) is 26.7. The zero-order valence-corrected chi connectivity index (χ0v) is 16.8. The van der Waals surface area contributed by atoms with Crippen LogP contribution in [0, 0.1) is 5.92 Å². The van der Waals surface area contributed by atoms with Gasteiger partial charge in [0.25, 0.3) is 0 Å². The van der Waals surface area contributed by atoms with Gasteiger partial charge in [-0.15, -0.1) is 0 Å². The topological polar surface area (TPSA) is 37.3 Å². The highest BCUT2D eigenvalue weighted by Gasteiger charge is 1.98. The fourth-order valence-corrected chi connectivity index (χ4v) is 2.88. The van der Waals surface area contributed by atoms with E-state index < -0.39 is 5.97 Å². The van der Waals surface area contributed by atoms with E-state index in [1.54, 1.807) is 0 Å². The minimum atomic E-state index is -0.696. The first-order valence-electron chi connectivity index (χ1n) is 10.7. The monoisotopic (exact) mass is 350 g/mol. The van der Waals surface area contributed by atoms with Crippen LogP contribution in [0.5, 0.6) is 0 Å². The number of rotatable bonds is 18. The number of allylic oxidation sites excluding steroid dienone is 4. The summed E-state index contributed by atoms with van der Waals surface area (Å²) in [6, 6.07) is 0. The van der Waals surface area contributed by atoms with Gasteiger partial charge in [0, 0.05) is 6.42 Å². The van der Waals surface area contributed by atoms with Gasteiger partial charge in [0.15, 0.2) is 0 Å². The molecule has 0 aliphatic rings. The Kier molecular flexibility index (Phi) is 18.5. The lowest BCUT2D eigenvalue weighted by Crippen LogP contribution is -1.92. The summed E-state index contributed by atoms with van der Waals surface area (Å²) in [5, 5.41) is 8.53. The summed E-state index contributed by atoms with van der Waals surface area (Å²) in [7, 11) is 0. The van der Waals surface area contributed by atoms with Gasteiger partial charge in [-0.25, -0.2) is 0 Å². The molecule has 0 saturated heterocycles. The Balaban J connectivity index is 3.20. The second-order valence-corrected chi connectivity index (χ2v) is 7.37. The van der Waals surface area contributed by atoms with Gasteiger partial charge in [0.05, 0.1) is 0 Å². The van der Waals surface area contributed by atoms with Crippen LogP contribution in [0.25, 0.3) is 0 Å². The summed E-state index contributed by atoms with van der Waals surface area (Å²) < 4.78 is 0. The second kappa shape index (κ2) is 19.3.